The number of hydrogen-bond donors (Lipinski definition) is 1. The fourth-order valence-electron chi connectivity index (χ4n) is 5.74. The van der Waals surface area contributed by atoms with E-state index in [9.17, 15) is 4.79 Å². The molecule has 1 aliphatic rings. The lowest BCUT2D eigenvalue weighted by Crippen LogP contribution is -2.46. The van der Waals surface area contributed by atoms with Crippen LogP contribution in [0.5, 0.6) is 11.5 Å². The fraction of sp³-hybridized carbons (Fsp3) is 0.273. The minimum Gasteiger partial charge on any atom is -0.495 e. The van der Waals surface area contributed by atoms with Gasteiger partial charge in [0.25, 0.3) is 0 Å². The van der Waals surface area contributed by atoms with E-state index in [0.29, 0.717) is 54.9 Å². The molecule has 0 amide bonds. The molecule has 3 aromatic heterocycles. The largest absolute Gasteiger partial charge is 0.495 e. The number of carbonyl (C=O) groups is 1. The number of ether oxygens (including phenoxy) is 2. The van der Waals surface area contributed by atoms with Crippen molar-refractivity contribution < 1.29 is 18.7 Å². The number of methoxy groups -OCH3 is 2. The molecular weight excluding hydrogens is 632 g/mol. The summed E-state index contributed by atoms with van der Waals surface area (Å²) in [7, 11) is 3.02. The van der Waals surface area contributed by atoms with Gasteiger partial charge >= 0.3 is 0 Å². The molecule has 0 bridgehead atoms. The molecule has 1 N–H and O–H groups in total. The maximum atomic E-state index is 15.9. The van der Waals surface area contributed by atoms with Crippen LogP contribution in [0.25, 0.3) is 27.8 Å². The zero-order valence-electron chi connectivity index (χ0n) is 25.6. The number of fused-ring (bicyclic) bond motifs is 3. The van der Waals surface area contributed by atoms with Gasteiger partial charge in [0.1, 0.15) is 23.0 Å². The number of pyridine rings is 1. The maximum absolute atomic E-state index is 15.9. The lowest BCUT2D eigenvalue weighted by atomic mass is 10.0. The summed E-state index contributed by atoms with van der Waals surface area (Å²) in [6.07, 6.45) is 6.20. The summed E-state index contributed by atoms with van der Waals surface area (Å²) in [5.41, 5.74) is 3.46. The van der Waals surface area contributed by atoms with Gasteiger partial charge in [0.2, 0.25) is 5.95 Å². The number of benzene rings is 2. The van der Waals surface area contributed by atoms with Gasteiger partial charge in [-0.3, -0.25) is 9.20 Å². The van der Waals surface area contributed by atoms with Crippen LogP contribution >= 0.6 is 23.2 Å². The molecule has 1 saturated heterocycles. The SMILES string of the molecule is C=CC(=O)Cc1cc(N2CCN(CC)CC2)cc(F)c1Nc1ncc2cc(-c3c(Cl)c(OC)cc(OC)c3Cl)c3nccn3c2n1. The summed E-state index contributed by atoms with van der Waals surface area (Å²) < 4.78 is 28.6. The molecule has 10 nitrogen and oxygen atoms in total. The Bertz CT molecular complexity index is 1950. The number of imidazole rings is 1. The normalized spacial score (nSPS) is 13.7. The van der Waals surface area contributed by atoms with E-state index in [2.05, 4.69) is 38.6 Å². The molecule has 0 unspecified atom stereocenters. The molecule has 2 aromatic carbocycles. The Hall–Kier alpha value is -4.45. The highest BCUT2D eigenvalue weighted by Gasteiger charge is 2.24. The van der Waals surface area contributed by atoms with Crippen molar-refractivity contribution in [3.05, 3.63) is 76.9 Å². The lowest BCUT2D eigenvalue weighted by Gasteiger charge is -2.36. The minimum absolute atomic E-state index is 0.0280. The smallest absolute Gasteiger partial charge is 0.229 e. The van der Waals surface area contributed by atoms with E-state index in [1.54, 1.807) is 29.1 Å². The van der Waals surface area contributed by atoms with Crippen LogP contribution < -0.4 is 19.7 Å². The molecule has 1 aliphatic heterocycles. The van der Waals surface area contributed by atoms with Crippen molar-refractivity contribution in [1.82, 2.24) is 24.3 Å². The lowest BCUT2D eigenvalue weighted by molar-refractivity contribution is -0.114. The molecule has 238 valence electrons. The van der Waals surface area contributed by atoms with Crippen molar-refractivity contribution in [1.29, 1.82) is 0 Å². The number of allylic oxidation sites excluding steroid dienone is 1. The molecule has 13 heteroatoms. The zero-order chi connectivity index (χ0) is 32.5. The molecule has 0 radical (unpaired) electrons. The second kappa shape index (κ2) is 13.1. The maximum Gasteiger partial charge on any atom is 0.229 e. The summed E-state index contributed by atoms with van der Waals surface area (Å²) in [6.45, 7) is 10.0. The van der Waals surface area contributed by atoms with Crippen LogP contribution in [0.3, 0.4) is 0 Å². The Kier molecular flexibility index (Phi) is 8.99. The van der Waals surface area contributed by atoms with Crippen molar-refractivity contribution in [3.63, 3.8) is 0 Å². The number of carbonyl (C=O) groups excluding carboxylic acids is 1. The Morgan fingerprint density at radius 1 is 1.04 bits per heavy atom. The average molecular weight is 665 g/mol. The van der Waals surface area contributed by atoms with Crippen LogP contribution in [0, 0.1) is 5.82 Å². The number of hydrogen-bond acceptors (Lipinski definition) is 9. The molecule has 0 atom stereocenters. The summed E-state index contributed by atoms with van der Waals surface area (Å²) in [6, 6.07) is 6.79. The molecule has 46 heavy (non-hydrogen) atoms. The first kappa shape index (κ1) is 31.5. The van der Waals surface area contributed by atoms with Crippen molar-refractivity contribution >= 4 is 63.0 Å². The highest BCUT2D eigenvalue weighted by atomic mass is 35.5. The summed E-state index contributed by atoms with van der Waals surface area (Å²) in [5, 5.41) is 4.28. The summed E-state index contributed by atoms with van der Waals surface area (Å²) in [5.74, 6) is 0.185. The minimum atomic E-state index is -0.509. The van der Waals surface area contributed by atoms with Crippen LogP contribution in [0.1, 0.15) is 12.5 Å². The predicted octanol–water partition coefficient (Wildman–Crippen LogP) is 6.59. The third-order valence-electron chi connectivity index (χ3n) is 8.22. The number of nitrogens with one attached hydrogen (secondary N) is 1. The second-order valence-corrected chi connectivity index (χ2v) is 11.5. The van der Waals surface area contributed by atoms with Gasteiger partial charge < -0.3 is 24.6 Å². The molecule has 5 aromatic rings. The second-order valence-electron chi connectivity index (χ2n) is 10.8. The Morgan fingerprint density at radius 2 is 1.76 bits per heavy atom. The molecule has 4 heterocycles. The molecule has 0 aliphatic carbocycles. The number of aromatic nitrogens is 4. The van der Waals surface area contributed by atoms with Crippen molar-refractivity contribution in [3.8, 4) is 22.6 Å². The Labute approximate surface area is 275 Å². The number of halogens is 3. The van der Waals surface area contributed by atoms with Crippen LogP contribution in [-0.2, 0) is 11.2 Å². The van der Waals surface area contributed by atoms with Gasteiger partial charge in [-0.05, 0) is 36.4 Å². The predicted molar refractivity (Wildman–Crippen MR) is 180 cm³/mol. The first-order valence-electron chi connectivity index (χ1n) is 14.7. The first-order chi connectivity index (χ1) is 22.3. The van der Waals surface area contributed by atoms with E-state index in [1.807, 2.05) is 12.1 Å². The van der Waals surface area contributed by atoms with Gasteiger partial charge in [-0.15, -0.1) is 0 Å². The van der Waals surface area contributed by atoms with Gasteiger partial charge in [0, 0.05) is 79.5 Å². The molecule has 6 rings (SSSR count). The third kappa shape index (κ3) is 5.81. The van der Waals surface area contributed by atoms with E-state index >= 15 is 4.39 Å². The number of anilines is 3. The number of rotatable bonds is 10. The Balaban J connectivity index is 1.41. The van der Waals surface area contributed by atoms with Crippen LogP contribution in [0.15, 0.2) is 55.5 Å². The van der Waals surface area contributed by atoms with E-state index < -0.39 is 5.82 Å². The topological polar surface area (TPSA) is 97.1 Å². The van der Waals surface area contributed by atoms with Gasteiger partial charge in [-0.1, -0.05) is 36.7 Å². The summed E-state index contributed by atoms with van der Waals surface area (Å²) >= 11 is 13.5. The van der Waals surface area contributed by atoms with Crippen molar-refractivity contribution in [2.45, 2.75) is 13.3 Å². The molecule has 0 saturated carbocycles. The van der Waals surface area contributed by atoms with Gasteiger partial charge in [0.05, 0.1) is 30.0 Å². The van der Waals surface area contributed by atoms with E-state index in [0.717, 1.165) is 38.4 Å². The first-order valence-corrected chi connectivity index (χ1v) is 15.5. The molecule has 1 fully saturated rings. The van der Waals surface area contributed by atoms with Crippen molar-refractivity contribution in [2.75, 3.05) is 57.2 Å². The molecule has 0 spiro atoms. The van der Waals surface area contributed by atoms with Crippen molar-refractivity contribution in [2.24, 2.45) is 0 Å². The van der Waals surface area contributed by atoms with Crippen LogP contribution in [0.4, 0.5) is 21.7 Å². The number of piperazine rings is 1. The molecular formula is C33H32Cl2FN7O3. The number of nitrogens with zero attached hydrogens (tertiary/aromatic N) is 6. The quantitative estimate of drug-likeness (QED) is 0.166. The fourth-order valence-corrected chi connectivity index (χ4v) is 6.44. The monoisotopic (exact) mass is 663 g/mol. The van der Waals surface area contributed by atoms with Gasteiger partial charge in [-0.25, -0.2) is 14.4 Å². The standard InChI is InChI=1S/C33H32Cl2FN7O3/c1-5-22(44)14-19-13-21(42-11-9-41(6-2)10-12-42)16-24(36)30(19)39-33-38-18-20-15-23(32-37-7-8-43(32)31(20)40-33)27-28(34)25(45-3)17-26(46-4)29(27)35/h5,7-8,13,15-18H,1,6,9-12,14H2,2-4H3,(H,38,39,40). The highest BCUT2D eigenvalue weighted by molar-refractivity contribution is 6.41. The van der Waals surface area contributed by atoms with E-state index in [4.69, 9.17) is 37.7 Å². The van der Waals surface area contributed by atoms with E-state index in [-0.39, 0.29) is 23.8 Å². The van der Waals surface area contributed by atoms with E-state index in [1.165, 1.54) is 26.4 Å². The van der Waals surface area contributed by atoms with Crippen LogP contribution in [0.2, 0.25) is 10.0 Å². The van der Waals surface area contributed by atoms with Gasteiger partial charge in [-0.2, -0.15) is 4.98 Å². The Morgan fingerprint density at radius 3 is 2.41 bits per heavy atom. The zero-order valence-corrected chi connectivity index (χ0v) is 27.1. The average Bonchev–Trinajstić information content (AvgIpc) is 3.57. The number of likely N-dealkylation sites (N-methyl/N-ethyl adjacent to an activating group) is 1. The van der Waals surface area contributed by atoms with Gasteiger partial charge in [0.15, 0.2) is 11.4 Å². The highest BCUT2D eigenvalue weighted by Crippen LogP contribution is 2.47. The number of ketones is 1. The van der Waals surface area contributed by atoms with Crippen LogP contribution in [-0.4, -0.2) is 77.0 Å². The third-order valence-corrected chi connectivity index (χ3v) is 8.97. The summed E-state index contributed by atoms with van der Waals surface area (Å²) in [4.78, 5) is 30.7.